The summed E-state index contributed by atoms with van der Waals surface area (Å²) in [6.45, 7) is 4.03. The molecule has 2 aromatic rings. The second kappa shape index (κ2) is 6.93. The van der Waals surface area contributed by atoms with Crippen molar-refractivity contribution in [2.75, 3.05) is 0 Å². The van der Waals surface area contributed by atoms with Gasteiger partial charge in [0.25, 0.3) is 10.7 Å². The zero-order chi connectivity index (χ0) is 19.8. The van der Waals surface area contributed by atoms with Crippen molar-refractivity contribution < 1.29 is 13.0 Å². The summed E-state index contributed by atoms with van der Waals surface area (Å²) in [5, 5.41) is -0.779. The summed E-state index contributed by atoms with van der Waals surface area (Å²) >= 11 is 0. The van der Waals surface area contributed by atoms with Crippen molar-refractivity contribution in [1.29, 1.82) is 0 Å². The Kier molecular flexibility index (Phi) is 4.96. The number of aromatic nitrogens is 4. The molecule has 0 aliphatic heterocycles. The Morgan fingerprint density at radius 1 is 1.26 bits per heavy atom. The fourth-order valence-corrected chi connectivity index (χ4v) is 4.16. The van der Waals surface area contributed by atoms with Gasteiger partial charge in [0.15, 0.2) is 11.2 Å². The van der Waals surface area contributed by atoms with E-state index in [4.69, 9.17) is 4.55 Å². The van der Waals surface area contributed by atoms with Crippen molar-refractivity contribution in [2.24, 2.45) is 0 Å². The van der Waals surface area contributed by atoms with Crippen molar-refractivity contribution in [3.8, 4) is 0 Å². The van der Waals surface area contributed by atoms with Gasteiger partial charge in [-0.3, -0.25) is 14.3 Å². The van der Waals surface area contributed by atoms with Crippen molar-refractivity contribution in [3.63, 3.8) is 0 Å². The van der Waals surface area contributed by atoms with Crippen LogP contribution in [0.25, 0.3) is 11.2 Å². The third-order valence-electron chi connectivity index (χ3n) is 4.74. The van der Waals surface area contributed by atoms with E-state index in [0.29, 0.717) is 12.8 Å². The quantitative estimate of drug-likeness (QED) is 0.639. The summed E-state index contributed by atoms with van der Waals surface area (Å²) in [7, 11) is -4.63. The molecule has 9 nitrogen and oxygen atoms in total. The fourth-order valence-electron chi connectivity index (χ4n) is 3.72. The van der Waals surface area contributed by atoms with Gasteiger partial charge in [-0.1, -0.05) is 50.5 Å². The van der Waals surface area contributed by atoms with Crippen LogP contribution in [-0.2, 0) is 15.7 Å². The van der Waals surface area contributed by atoms with Crippen molar-refractivity contribution in [3.05, 3.63) is 44.6 Å². The van der Waals surface area contributed by atoms with Crippen molar-refractivity contribution in [2.45, 2.75) is 56.6 Å². The minimum atomic E-state index is -4.63. The van der Waals surface area contributed by atoms with Crippen LogP contribution in [0.2, 0.25) is 0 Å². The summed E-state index contributed by atoms with van der Waals surface area (Å²) < 4.78 is 32.9. The van der Waals surface area contributed by atoms with Gasteiger partial charge in [0.2, 0.25) is 0 Å². The molecule has 3 rings (SSSR count). The summed E-state index contributed by atoms with van der Waals surface area (Å²) in [4.78, 5) is 34.2. The highest BCUT2D eigenvalue weighted by molar-refractivity contribution is 7.85. The number of rotatable bonds is 6. The van der Waals surface area contributed by atoms with E-state index in [9.17, 15) is 18.0 Å². The topological polar surface area (TPSA) is 138 Å². The van der Waals surface area contributed by atoms with Crippen molar-refractivity contribution in [1.82, 2.24) is 19.5 Å². The standard InChI is InChI=1S/C17H22N4O5S/c1-3-6-11-7-5-9-17(10-11,8-4-2)21-14(22)12-13(20-16(21)23)19-15(18-12)27(24,25)26/h5,7,9H,3-4,6,8,10H2,1-2H3,(H,18,19)(H,20,23)(H,24,25,26). The molecule has 0 aromatic carbocycles. The second-order valence-corrected chi connectivity index (χ2v) is 8.11. The molecule has 0 amide bonds. The molecule has 27 heavy (non-hydrogen) atoms. The van der Waals surface area contributed by atoms with Gasteiger partial charge >= 0.3 is 15.8 Å². The van der Waals surface area contributed by atoms with Crippen LogP contribution < -0.4 is 11.2 Å². The third kappa shape index (κ3) is 3.42. The largest absolute Gasteiger partial charge is 0.330 e. The maximum atomic E-state index is 13.1. The molecule has 3 N–H and O–H groups in total. The Balaban J connectivity index is 2.25. The highest BCUT2D eigenvalue weighted by atomic mass is 32.2. The summed E-state index contributed by atoms with van der Waals surface area (Å²) in [5.74, 6) is 0. The highest BCUT2D eigenvalue weighted by Crippen LogP contribution is 2.34. The van der Waals surface area contributed by atoms with Gasteiger partial charge in [-0.15, -0.1) is 0 Å². The van der Waals surface area contributed by atoms with E-state index in [0.717, 1.165) is 29.4 Å². The lowest BCUT2D eigenvalue weighted by molar-refractivity contribution is 0.308. The summed E-state index contributed by atoms with van der Waals surface area (Å²) in [5.41, 5.74) is -1.41. The lowest BCUT2D eigenvalue weighted by Crippen LogP contribution is -2.49. The van der Waals surface area contributed by atoms with Crippen LogP contribution in [0.5, 0.6) is 0 Å². The fraction of sp³-hybridized carbons (Fsp3) is 0.471. The average molecular weight is 394 g/mol. The van der Waals surface area contributed by atoms with Crippen LogP contribution in [-0.4, -0.2) is 32.5 Å². The normalized spacial score (nSPS) is 20.2. The van der Waals surface area contributed by atoms with Crippen LogP contribution in [0.3, 0.4) is 0 Å². The molecule has 0 bridgehead atoms. The number of nitrogens with one attached hydrogen (secondary N) is 2. The molecule has 1 aliphatic carbocycles. The van der Waals surface area contributed by atoms with E-state index in [1.54, 1.807) is 0 Å². The monoisotopic (exact) mass is 394 g/mol. The van der Waals surface area contributed by atoms with Crippen LogP contribution in [0.4, 0.5) is 0 Å². The minimum absolute atomic E-state index is 0.169. The van der Waals surface area contributed by atoms with Crippen LogP contribution in [0, 0.1) is 0 Å². The Labute approximate surface area is 155 Å². The molecule has 10 heteroatoms. The predicted octanol–water partition coefficient (Wildman–Crippen LogP) is 1.84. The number of hydrogen-bond acceptors (Lipinski definition) is 5. The van der Waals surface area contributed by atoms with E-state index < -0.39 is 32.1 Å². The zero-order valence-corrected chi connectivity index (χ0v) is 16.0. The maximum absolute atomic E-state index is 13.1. The molecule has 146 valence electrons. The van der Waals surface area contributed by atoms with Crippen LogP contribution >= 0.6 is 0 Å². The lowest BCUT2D eigenvalue weighted by atomic mass is 9.81. The minimum Gasteiger partial charge on any atom is -0.321 e. The summed E-state index contributed by atoms with van der Waals surface area (Å²) in [6, 6.07) is 0. The Morgan fingerprint density at radius 2 is 2.00 bits per heavy atom. The van der Waals surface area contributed by atoms with Crippen LogP contribution in [0.1, 0.15) is 46.0 Å². The lowest BCUT2D eigenvalue weighted by Gasteiger charge is -2.34. The zero-order valence-electron chi connectivity index (χ0n) is 15.2. The second-order valence-electron chi connectivity index (χ2n) is 6.78. The average Bonchev–Trinajstić information content (AvgIpc) is 3.00. The number of imidazole rings is 1. The van der Waals surface area contributed by atoms with Crippen molar-refractivity contribution >= 4 is 21.3 Å². The molecule has 0 saturated heterocycles. The molecule has 0 saturated carbocycles. The number of fused-ring (bicyclic) bond motifs is 1. The Bertz CT molecular complexity index is 1150. The Hall–Kier alpha value is -2.46. The number of aromatic amines is 2. The van der Waals surface area contributed by atoms with Gasteiger partial charge in [0, 0.05) is 0 Å². The molecule has 2 aromatic heterocycles. The first-order chi connectivity index (χ1) is 12.7. The molecular formula is C17H22N4O5S. The molecule has 1 atom stereocenters. The van der Waals surface area contributed by atoms with Gasteiger partial charge in [-0.25, -0.2) is 9.36 Å². The van der Waals surface area contributed by atoms with Gasteiger partial charge in [-0.2, -0.15) is 13.4 Å². The predicted molar refractivity (Wildman–Crippen MR) is 100 cm³/mol. The van der Waals surface area contributed by atoms with E-state index in [1.165, 1.54) is 0 Å². The van der Waals surface area contributed by atoms with Gasteiger partial charge in [0.05, 0.1) is 5.54 Å². The number of nitrogens with zero attached hydrogens (tertiary/aromatic N) is 2. The molecule has 1 aliphatic rings. The third-order valence-corrected chi connectivity index (χ3v) is 5.42. The number of hydrogen-bond donors (Lipinski definition) is 3. The van der Waals surface area contributed by atoms with Crippen LogP contribution in [0.15, 0.2) is 38.5 Å². The van der Waals surface area contributed by atoms with E-state index in [-0.39, 0.29) is 11.2 Å². The molecule has 0 radical (unpaired) electrons. The first-order valence-corrected chi connectivity index (χ1v) is 10.3. The Morgan fingerprint density at radius 3 is 2.63 bits per heavy atom. The maximum Gasteiger partial charge on any atom is 0.330 e. The van der Waals surface area contributed by atoms with Gasteiger partial charge in [-0.05, 0) is 19.3 Å². The smallest absolute Gasteiger partial charge is 0.321 e. The van der Waals surface area contributed by atoms with Gasteiger partial charge in [0.1, 0.15) is 0 Å². The molecule has 0 spiro atoms. The number of H-pyrrole nitrogens is 2. The summed E-state index contributed by atoms with van der Waals surface area (Å²) in [6.07, 6.45) is 9.35. The number of allylic oxidation sites excluding steroid dienone is 4. The van der Waals surface area contributed by atoms with E-state index >= 15 is 0 Å². The molecule has 1 unspecified atom stereocenters. The molecular weight excluding hydrogens is 372 g/mol. The highest BCUT2D eigenvalue weighted by Gasteiger charge is 2.35. The molecule has 0 fully saturated rings. The SMILES string of the molecule is CCCC1=CC=CC(CCC)(n2c(=O)[nH]c3nc(S(=O)(=O)O)[nH]c3c2=O)C1. The van der Waals surface area contributed by atoms with E-state index in [1.807, 2.05) is 25.2 Å². The van der Waals surface area contributed by atoms with E-state index in [2.05, 4.69) is 21.9 Å². The first-order valence-electron chi connectivity index (χ1n) is 8.82. The van der Waals surface area contributed by atoms with Gasteiger partial charge < -0.3 is 4.98 Å². The first kappa shape index (κ1) is 19.3. The molecule has 2 heterocycles.